The van der Waals surface area contributed by atoms with Gasteiger partial charge >= 0.3 is 0 Å². The van der Waals surface area contributed by atoms with Gasteiger partial charge in [-0.2, -0.15) is 4.31 Å². The van der Waals surface area contributed by atoms with Gasteiger partial charge in [-0.05, 0) is 48.7 Å². The van der Waals surface area contributed by atoms with Crippen molar-refractivity contribution in [3.8, 4) is 5.75 Å². The maximum Gasteiger partial charge on any atom is 0.259 e. The van der Waals surface area contributed by atoms with E-state index in [2.05, 4.69) is 5.32 Å². The number of nitrogens with zero attached hydrogens (tertiary/aromatic N) is 1. The molecule has 138 valence electrons. The van der Waals surface area contributed by atoms with E-state index < -0.39 is 10.0 Å². The van der Waals surface area contributed by atoms with E-state index in [0.29, 0.717) is 36.5 Å². The lowest BCUT2D eigenvalue weighted by Crippen LogP contribution is -2.36. The summed E-state index contributed by atoms with van der Waals surface area (Å²) in [7, 11) is -1.70. The molecule has 1 heterocycles. The summed E-state index contributed by atoms with van der Waals surface area (Å²) in [4.78, 5) is 12.5. The van der Waals surface area contributed by atoms with Crippen LogP contribution in [0, 0.1) is 0 Å². The van der Waals surface area contributed by atoms with Crippen molar-refractivity contribution in [3.63, 3.8) is 0 Å². The number of amides is 1. The summed E-state index contributed by atoms with van der Waals surface area (Å²) in [5, 5.41) is 2.86. The Bertz CT molecular complexity index is 925. The Morgan fingerprint density at radius 3 is 2.69 bits per heavy atom. The zero-order valence-electron chi connectivity index (χ0n) is 14.9. The number of fused-ring (bicyclic) bond motifs is 1. The van der Waals surface area contributed by atoms with Crippen molar-refractivity contribution in [1.29, 1.82) is 0 Å². The number of sulfonamides is 1. The number of nitrogens with one attached hydrogen (secondary N) is 1. The minimum atomic E-state index is -3.22. The van der Waals surface area contributed by atoms with Crippen molar-refractivity contribution < 1.29 is 17.9 Å². The Kier molecular flexibility index (Phi) is 5.29. The molecule has 0 radical (unpaired) electrons. The molecule has 26 heavy (non-hydrogen) atoms. The number of hydrogen-bond donors (Lipinski definition) is 1. The lowest BCUT2D eigenvalue weighted by molar-refractivity contribution is 0.102. The van der Waals surface area contributed by atoms with Crippen LogP contribution < -0.4 is 10.1 Å². The van der Waals surface area contributed by atoms with Gasteiger partial charge in [-0.25, -0.2) is 8.42 Å². The van der Waals surface area contributed by atoms with Crippen LogP contribution in [-0.2, 0) is 23.0 Å². The average molecular weight is 374 g/mol. The number of anilines is 1. The van der Waals surface area contributed by atoms with E-state index in [0.717, 1.165) is 11.1 Å². The van der Waals surface area contributed by atoms with Gasteiger partial charge in [0.05, 0.1) is 18.4 Å². The van der Waals surface area contributed by atoms with Crippen molar-refractivity contribution in [3.05, 3.63) is 59.2 Å². The quantitative estimate of drug-likeness (QED) is 0.873. The predicted octanol–water partition coefficient (Wildman–Crippen LogP) is 2.66. The fourth-order valence-electron chi connectivity index (χ4n) is 3.06. The second-order valence-corrected chi connectivity index (χ2v) is 8.38. The number of hydrogen-bond acceptors (Lipinski definition) is 4. The summed E-state index contributed by atoms with van der Waals surface area (Å²) >= 11 is 0. The molecule has 0 saturated carbocycles. The number of carbonyl (C=O) groups excluding carboxylic acids is 1. The highest BCUT2D eigenvalue weighted by atomic mass is 32.2. The van der Waals surface area contributed by atoms with Crippen LogP contribution in [0.5, 0.6) is 5.75 Å². The Hall–Kier alpha value is -2.38. The van der Waals surface area contributed by atoms with Crippen LogP contribution in [0.1, 0.15) is 28.4 Å². The van der Waals surface area contributed by atoms with Crippen LogP contribution in [-0.4, -0.2) is 38.0 Å². The van der Waals surface area contributed by atoms with Crippen molar-refractivity contribution >= 4 is 21.6 Å². The highest BCUT2D eigenvalue weighted by Gasteiger charge is 2.25. The minimum absolute atomic E-state index is 0.0898. The fraction of sp³-hybridized carbons (Fsp3) is 0.316. The topological polar surface area (TPSA) is 75.7 Å². The largest absolute Gasteiger partial charge is 0.496 e. The molecule has 1 aliphatic heterocycles. The standard InChI is InChI=1S/C19H22N2O4S/c1-3-26(23,24)21-11-10-14-8-9-16(12-15(14)13-21)20-19(22)17-6-4-5-7-18(17)25-2/h4-9,12H,3,10-11,13H2,1-2H3,(H,20,22). The third-order valence-corrected chi connectivity index (χ3v) is 6.38. The molecule has 6 nitrogen and oxygen atoms in total. The van der Waals surface area contributed by atoms with Gasteiger partial charge in [-0.1, -0.05) is 18.2 Å². The van der Waals surface area contributed by atoms with Crippen molar-refractivity contribution in [2.75, 3.05) is 24.7 Å². The van der Waals surface area contributed by atoms with Crippen LogP contribution in [0.25, 0.3) is 0 Å². The minimum Gasteiger partial charge on any atom is -0.496 e. The number of rotatable bonds is 5. The van der Waals surface area contributed by atoms with Gasteiger partial charge in [0.2, 0.25) is 10.0 Å². The normalized spacial score (nSPS) is 14.5. The molecular weight excluding hydrogens is 352 g/mol. The van der Waals surface area contributed by atoms with E-state index in [4.69, 9.17) is 4.74 Å². The molecule has 2 aromatic carbocycles. The first-order valence-corrected chi connectivity index (χ1v) is 10.1. The first kappa shape index (κ1) is 18.4. The summed E-state index contributed by atoms with van der Waals surface area (Å²) in [6, 6.07) is 12.6. The van der Waals surface area contributed by atoms with Crippen molar-refractivity contribution in [1.82, 2.24) is 4.31 Å². The molecule has 0 saturated heterocycles. The summed E-state index contributed by atoms with van der Waals surface area (Å²) < 4.78 is 31.0. The van der Waals surface area contributed by atoms with Gasteiger partial charge in [0.15, 0.2) is 0 Å². The highest BCUT2D eigenvalue weighted by Crippen LogP contribution is 2.25. The van der Waals surface area contributed by atoms with Crippen LogP contribution in [0.3, 0.4) is 0 Å². The van der Waals surface area contributed by atoms with E-state index in [9.17, 15) is 13.2 Å². The number of methoxy groups -OCH3 is 1. The van der Waals surface area contributed by atoms with Gasteiger partial charge in [0.1, 0.15) is 5.75 Å². The molecule has 0 fully saturated rings. The van der Waals surface area contributed by atoms with Gasteiger partial charge in [-0.3, -0.25) is 4.79 Å². The molecule has 0 spiro atoms. The second-order valence-electron chi connectivity index (χ2n) is 6.12. The zero-order valence-corrected chi connectivity index (χ0v) is 15.7. The Morgan fingerprint density at radius 2 is 1.96 bits per heavy atom. The molecular formula is C19H22N2O4S. The Morgan fingerprint density at radius 1 is 1.19 bits per heavy atom. The third kappa shape index (κ3) is 3.73. The molecule has 0 bridgehead atoms. The lowest BCUT2D eigenvalue weighted by Gasteiger charge is -2.28. The maximum atomic E-state index is 12.5. The molecule has 0 aromatic heterocycles. The van der Waals surface area contributed by atoms with Crippen LogP contribution in [0.2, 0.25) is 0 Å². The number of carbonyl (C=O) groups is 1. The van der Waals surface area contributed by atoms with Crippen molar-refractivity contribution in [2.24, 2.45) is 0 Å². The molecule has 3 rings (SSSR count). The summed E-state index contributed by atoms with van der Waals surface area (Å²) in [6.45, 7) is 2.48. The molecule has 1 N–H and O–H groups in total. The molecule has 1 aliphatic rings. The number of benzene rings is 2. The first-order chi connectivity index (χ1) is 12.4. The second kappa shape index (κ2) is 7.47. The number of ether oxygens (including phenoxy) is 1. The fourth-order valence-corrected chi connectivity index (χ4v) is 4.13. The Labute approximate surface area is 153 Å². The average Bonchev–Trinajstić information content (AvgIpc) is 2.67. The van der Waals surface area contributed by atoms with Crippen LogP contribution in [0.4, 0.5) is 5.69 Å². The predicted molar refractivity (Wildman–Crippen MR) is 101 cm³/mol. The van der Waals surface area contributed by atoms with E-state index in [1.807, 2.05) is 18.2 Å². The maximum absolute atomic E-state index is 12.5. The SMILES string of the molecule is CCS(=O)(=O)N1CCc2ccc(NC(=O)c3ccccc3OC)cc2C1. The molecule has 0 aliphatic carbocycles. The zero-order chi connectivity index (χ0) is 18.7. The molecule has 2 aromatic rings. The number of para-hydroxylation sites is 1. The highest BCUT2D eigenvalue weighted by molar-refractivity contribution is 7.89. The van der Waals surface area contributed by atoms with Crippen molar-refractivity contribution in [2.45, 2.75) is 19.9 Å². The van der Waals surface area contributed by atoms with E-state index >= 15 is 0 Å². The lowest BCUT2D eigenvalue weighted by atomic mass is 10.0. The van der Waals surface area contributed by atoms with E-state index in [1.54, 1.807) is 31.2 Å². The summed E-state index contributed by atoms with van der Waals surface area (Å²) in [6.07, 6.45) is 0.676. The summed E-state index contributed by atoms with van der Waals surface area (Å²) in [5.41, 5.74) is 3.12. The summed E-state index contributed by atoms with van der Waals surface area (Å²) in [5.74, 6) is 0.325. The smallest absolute Gasteiger partial charge is 0.259 e. The third-order valence-electron chi connectivity index (χ3n) is 4.55. The monoisotopic (exact) mass is 374 g/mol. The molecule has 7 heteroatoms. The first-order valence-electron chi connectivity index (χ1n) is 8.48. The molecule has 0 unspecified atom stereocenters. The molecule has 0 atom stereocenters. The van der Waals surface area contributed by atoms with Crippen LogP contribution in [0.15, 0.2) is 42.5 Å². The molecule has 1 amide bonds. The van der Waals surface area contributed by atoms with Crippen LogP contribution >= 0.6 is 0 Å². The van der Waals surface area contributed by atoms with Gasteiger partial charge in [0, 0.05) is 18.8 Å². The van der Waals surface area contributed by atoms with E-state index in [-0.39, 0.29) is 11.7 Å². The van der Waals surface area contributed by atoms with E-state index in [1.165, 1.54) is 11.4 Å². The van der Waals surface area contributed by atoms with Gasteiger partial charge < -0.3 is 10.1 Å². The van der Waals surface area contributed by atoms with Gasteiger partial charge in [-0.15, -0.1) is 0 Å². The Balaban J connectivity index is 1.81. The van der Waals surface area contributed by atoms with Gasteiger partial charge in [0.25, 0.3) is 5.91 Å².